The molecule has 0 saturated carbocycles. The van der Waals surface area contributed by atoms with Crippen molar-refractivity contribution >= 4 is 28.8 Å². The van der Waals surface area contributed by atoms with Gasteiger partial charge in [-0.3, -0.25) is 4.79 Å². The van der Waals surface area contributed by atoms with Crippen molar-refractivity contribution in [3.63, 3.8) is 0 Å². The van der Waals surface area contributed by atoms with Crippen LogP contribution in [0.4, 0.5) is 23.2 Å². The maximum absolute atomic E-state index is 13.7. The number of anilines is 1. The van der Waals surface area contributed by atoms with Crippen LogP contribution in [0.15, 0.2) is 54.6 Å². The van der Waals surface area contributed by atoms with E-state index in [0.29, 0.717) is 6.08 Å². The molecule has 0 saturated heterocycles. The summed E-state index contributed by atoms with van der Waals surface area (Å²) in [5.74, 6) is -2.02. The summed E-state index contributed by atoms with van der Waals surface area (Å²) in [4.78, 5) is 11.8. The highest BCUT2D eigenvalue weighted by Crippen LogP contribution is 2.33. The number of carbonyl (C=O) groups excluding carboxylic acids is 1. The van der Waals surface area contributed by atoms with Gasteiger partial charge < -0.3 is 5.32 Å². The zero-order valence-electron chi connectivity index (χ0n) is 11.5. The summed E-state index contributed by atoms with van der Waals surface area (Å²) < 4.78 is 53.0. The lowest BCUT2D eigenvalue weighted by Gasteiger charge is -2.12. The van der Waals surface area contributed by atoms with E-state index < -0.39 is 23.5 Å². The number of alkyl halides is 3. The predicted octanol–water partition coefficient (Wildman–Crippen LogP) is 5.06. The molecule has 120 valence electrons. The van der Waals surface area contributed by atoms with Gasteiger partial charge in [0.15, 0.2) is 5.82 Å². The molecular formula is C16H10ClF4NO. The molecule has 2 aromatic rings. The molecule has 0 fully saturated rings. The minimum absolute atomic E-state index is 0.165. The number of halogens is 5. The third-order valence-corrected chi connectivity index (χ3v) is 3.17. The van der Waals surface area contributed by atoms with Crippen LogP contribution in [0.2, 0.25) is 5.02 Å². The fourth-order valence-corrected chi connectivity index (χ4v) is 2.02. The first-order valence-electron chi connectivity index (χ1n) is 6.38. The van der Waals surface area contributed by atoms with Gasteiger partial charge in [0.2, 0.25) is 5.91 Å². The molecule has 1 N–H and O–H groups in total. The number of hydrogen-bond acceptors (Lipinski definition) is 1. The van der Waals surface area contributed by atoms with E-state index in [1.807, 2.05) is 5.32 Å². The van der Waals surface area contributed by atoms with E-state index in [4.69, 9.17) is 11.6 Å². The second kappa shape index (κ2) is 6.83. The van der Waals surface area contributed by atoms with Gasteiger partial charge in [-0.2, -0.15) is 13.2 Å². The van der Waals surface area contributed by atoms with Crippen LogP contribution in [-0.2, 0) is 4.79 Å². The molecule has 23 heavy (non-hydrogen) atoms. The standard InChI is InChI=1S/C16H10ClF4NO/c17-12-7-4-8-13(15(12)18)22-14(23)9-11(16(19,20)21)10-5-2-1-3-6-10/h1-9H,(H,22,23)/b11-9-. The number of benzene rings is 2. The highest BCUT2D eigenvalue weighted by molar-refractivity contribution is 6.31. The molecule has 0 aliphatic rings. The van der Waals surface area contributed by atoms with E-state index in [1.165, 1.54) is 42.5 Å². The Morgan fingerprint density at radius 3 is 2.30 bits per heavy atom. The summed E-state index contributed by atoms with van der Waals surface area (Å²) in [5.41, 5.74) is -1.59. The van der Waals surface area contributed by atoms with Crippen molar-refractivity contribution < 1.29 is 22.4 Å². The van der Waals surface area contributed by atoms with Gasteiger partial charge in [0.05, 0.1) is 16.3 Å². The Labute approximate surface area is 134 Å². The minimum Gasteiger partial charge on any atom is -0.320 e. The van der Waals surface area contributed by atoms with Crippen molar-refractivity contribution in [1.82, 2.24) is 0 Å². The van der Waals surface area contributed by atoms with Crippen LogP contribution in [0.1, 0.15) is 5.56 Å². The number of rotatable bonds is 3. The van der Waals surface area contributed by atoms with E-state index >= 15 is 0 Å². The maximum Gasteiger partial charge on any atom is 0.417 e. The Kier molecular flexibility index (Phi) is 5.05. The summed E-state index contributed by atoms with van der Waals surface area (Å²) in [6.45, 7) is 0. The van der Waals surface area contributed by atoms with E-state index in [2.05, 4.69) is 0 Å². The number of carbonyl (C=O) groups is 1. The monoisotopic (exact) mass is 343 g/mol. The van der Waals surface area contributed by atoms with Gasteiger partial charge in [0, 0.05) is 6.08 Å². The van der Waals surface area contributed by atoms with Gasteiger partial charge in [-0.15, -0.1) is 0 Å². The van der Waals surface area contributed by atoms with Crippen molar-refractivity contribution in [3.05, 3.63) is 71.0 Å². The molecule has 2 rings (SSSR count). The average molecular weight is 344 g/mol. The SMILES string of the molecule is O=C(/C=C(/c1ccccc1)C(F)(F)F)Nc1cccc(Cl)c1F. The molecule has 1 amide bonds. The second-order valence-electron chi connectivity index (χ2n) is 4.51. The summed E-state index contributed by atoms with van der Waals surface area (Å²) in [6, 6.07) is 10.7. The lowest BCUT2D eigenvalue weighted by Crippen LogP contribution is -2.16. The molecule has 0 unspecified atom stereocenters. The van der Waals surface area contributed by atoms with Crippen LogP contribution in [0, 0.1) is 5.82 Å². The predicted molar refractivity (Wildman–Crippen MR) is 80.5 cm³/mol. The summed E-state index contributed by atoms with van der Waals surface area (Å²) in [7, 11) is 0. The molecule has 2 aromatic carbocycles. The summed E-state index contributed by atoms with van der Waals surface area (Å²) in [6.07, 6.45) is -4.35. The van der Waals surface area contributed by atoms with Gasteiger partial charge >= 0.3 is 6.18 Å². The Morgan fingerprint density at radius 1 is 1.04 bits per heavy atom. The number of amides is 1. The van der Waals surface area contributed by atoms with Crippen LogP contribution in [0.25, 0.3) is 5.57 Å². The van der Waals surface area contributed by atoms with Crippen molar-refractivity contribution in [2.45, 2.75) is 6.18 Å². The molecule has 0 bridgehead atoms. The number of hydrogen-bond donors (Lipinski definition) is 1. The Balaban J connectivity index is 2.33. The fraction of sp³-hybridized carbons (Fsp3) is 0.0625. The number of nitrogens with one attached hydrogen (secondary N) is 1. The van der Waals surface area contributed by atoms with Gasteiger partial charge in [0.1, 0.15) is 0 Å². The molecule has 0 spiro atoms. The van der Waals surface area contributed by atoms with Gasteiger partial charge in [0.25, 0.3) is 0 Å². The molecule has 0 aliphatic carbocycles. The lowest BCUT2D eigenvalue weighted by atomic mass is 10.1. The zero-order valence-corrected chi connectivity index (χ0v) is 12.3. The van der Waals surface area contributed by atoms with E-state index in [-0.39, 0.29) is 16.3 Å². The average Bonchev–Trinajstić information content (AvgIpc) is 2.49. The first kappa shape index (κ1) is 17.0. The normalized spacial score (nSPS) is 12.1. The van der Waals surface area contributed by atoms with Crippen LogP contribution >= 0.6 is 11.6 Å². The fourth-order valence-electron chi connectivity index (χ4n) is 1.85. The third-order valence-electron chi connectivity index (χ3n) is 2.88. The minimum atomic E-state index is -4.73. The third kappa shape index (κ3) is 4.32. The largest absolute Gasteiger partial charge is 0.417 e. The first-order chi connectivity index (χ1) is 10.8. The molecule has 0 aromatic heterocycles. The van der Waals surface area contributed by atoms with Gasteiger partial charge in [-0.1, -0.05) is 48.0 Å². The molecule has 7 heteroatoms. The highest BCUT2D eigenvalue weighted by Gasteiger charge is 2.35. The van der Waals surface area contributed by atoms with Gasteiger partial charge in [-0.25, -0.2) is 4.39 Å². The van der Waals surface area contributed by atoms with Crippen molar-refractivity contribution in [1.29, 1.82) is 0 Å². The molecular weight excluding hydrogens is 334 g/mol. The highest BCUT2D eigenvalue weighted by atomic mass is 35.5. The van der Waals surface area contributed by atoms with E-state index in [0.717, 1.165) is 0 Å². The van der Waals surface area contributed by atoms with E-state index in [1.54, 1.807) is 6.07 Å². The zero-order chi connectivity index (χ0) is 17.0. The van der Waals surface area contributed by atoms with Gasteiger partial charge in [-0.05, 0) is 17.7 Å². The Morgan fingerprint density at radius 2 is 1.70 bits per heavy atom. The van der Waals surface area contributed by atoms with Crippen LogP contribution in [0.3, 0.4) is 0 Å². The molecule has 0 aliphatic heterocycles. The molecule has 2 nitrogen and oxygen atoms in total. The summed E-state index contributed by atoms with van der Waals surface area (Å²) in [5, 5.41) is 1.80. The molecule has 0 heterocycles. The smallest absolute Gasteiger partial charge is 0.320 e. The quantitative estimate of drug-likeness (QED) is 0.612. The van der Waals surface area contributed by atoms with Crippen molar-refractivity contribution in [2.75, 3.05) is 5.32 Å². The molecule has 0 atom stereocenters. The molecule has 0 radical (unpaired) electrons. The maximum atomic E-state index is 13.7. The summed E-state index contributed by atoms with van der Waals surface area (Å²) >= 11 is 5.55. The van der Waals surface area contributed by atoms with Crippen LogP contribution in [-0.4, -0.2) is 12.1 Å². The lowest BCUT2D eigenvalue weighted by molar-refractivity contribution is -0.112. The second-order valence-corrected chi connectivity index (χ2v) is 4.92. The van der Waals surface area contributed by atoms with Crippen LogP contribution in [0.5, 0.6) is 0 Å². The van der Waals surface area contributed by atoms with E-state index in [9.17, 15) is 22.4 Å². The first-order valence-corrected chi connectivity index (χ1v) is 6.76. The van der Waals surface area contributed by atoms with Crippen molar-refractivity contribution in [3.8, 4) is 0 Å². The topological polar surface area (TPSA) is 29.1 Å². The van der Waals surface area contributed by atoms with Crippen LogP contribution < -0.4 is 5.32 Å². The number of allylic oxidation sites excluding steroid dienone is 1. The Bertz CT molecular complexity index is 741. The van der Waals surface area contributed by atoms with Crippen molar-refractivity contribution in [2.24, 2.45) is 0 Å². The Hall–Kier alpha value is -2.34.